The summed E-state index contributed by atoms with van der Waals surface area (Å²) in [5.41, 5.74) is 5.74. The third-order valence-electron chi connectivity index (χ3n) is 3.11. The average Bonchev–Trinajstić information content (AvgIpc) is 2.27. The average molecular weight is 258 g/mol. The number of carboxylic acids is 1. The summed E-state index contributed by atoms with van der Waals surface area (Å²) < 4.78 is 0. The Morgan fingerprint density at radius 1 is 1.17 bits per heavy atom. The van der Waals surface area contributed by atoms with E-state index in [4.69, 9.17) is 10.8 Å². The van der Waals surface area contributed by atoms with Crippen molar-refractivity contribution in [1.82, 2.24) is 5.32 Å². The second-order valence-electron chi connectivity index (χ2n) is 5.35. The van der Waals surface area contributed by atoms with Crippen molar-refractivity contribution < 1.29 is 14.7 Å². The van der Waals surface area contributed by atoms with E-state index in [1.807, 2.05) is 20.8 Å². The number of nitrogens with one attached hydrogen (secondary N) is 1. The van der Waals surface area contributed by atoms with E-state index in [0.717, 1.165) is 12.8 Å². The minimum atomic E-state index is -0.770. The summed E-state index contributed by atoms with van der Waals surface area (Å²) in [6.07, 6.45) is 2.19. The number of aliphatic carboxylic acids is 1. The third kappa shape index (κ3) is 6.59. The Labute approximate surface area is 109 Å². The van der Waals surface area contributed by atoms with E-state index in [-0.39, 0.29) is 23.8 Å². The molecule has 0 aromatic heterocycles. The quantitative estimate of drug-likeness (QED) is 0.613. The molecule has 106 valence electrons. The largest absolute Gasteiger partial charge is 0.481 e. The maximum Gasteiger partial charge on any atom is 0.306 e. The molecule has 5 heteroatoms. The van der Waals surface area contributed by atoms with Crippen LogP contribution in [0.5, 0.6) is 0 Å². The van der Waals surface area contributed by atoms with Crippen LogP contribution < -0.4 is 11.1 Å². The van der Waals surface area contributed by atoms with Crippen LogP contribution in [0.15, 0.2) is 0 Å². The van der Waals surface area contributed by atoms with Crippen LogP contribution in [0.1, 0.15) is 47.0 Å². The molecule has 5 nitrogen and oxygen atoms in total. The first-order chi connectivity index (χ1) is 8.25. The summed E-state index contributed by atoms with van der Waals surface area (Å²) in [7, 11) is 0. The fraction of sp³-hybridized carbons (Fsp3) is 0.846. The van der Waals surface area contributed by atoms with Gasteiger partial charge in [-0.2, -0.15) is 0 Å². The van der Waals surface area contributed by atoms with Gasteiger partial charge in [0.05, 0.1) is 12.0 Å². The van der Waals surface area contributed by atoms with Gasteiger partial charge >= 0.3 is 5.97 Å². The lowest BCUT2D eigenvalue weighted by molar-refractivity contribution is -0.141. The molecule has 18 heavy (non-hydrogen) atoms. The highest BCUT2D eigenvalue weighted by Gasteiger charge is 2.19. The molecular weight excluding hydrogens is 232 g/mol. The smallest absolute Gasteiger partial charge is 0.306 e. The highest BCUT2D eigenvalue weighted by Crippen LogP contribution is 2.10. The number of hydrogen-bond acceptors (Lipinski definition) is 3. The van der Waals surface area contributed by atoms with Gasteiger partial charge in [0.15, 0.2) is 0 Å². The molecule has 0 spiro atoms. The van der Waals surface area contributed by atoms with Crippen LogP contribution in [0.4, 0.5) is 0 Å². The van der Waals surface area contributed by atoms with E-state index >= 15 is 0 Å². The van der Waals surface area contributed by atoms with Gasteiger partial charge in [-0.25, -0.2) is 0 Å². The van der Waals surface area contributed by atoms with Crippen molar-refractivity contribution in [2.75, 3.05) is 0 Å². The Balaban J connectivity index is 3.87. The van der Waals surface area contributed by atoms with E-state index in [1.54, 1.807) is 6.92 Å². The van der Waals surface area contributed by atoms with E-state index in [9.17, 15) is 9.59 Å². The highest BCUT2D eigenvalue weighted by atomic mass is 16.4. The summed E-state index contributed by atoms with van der Waals surface area (Å²) in [5, 5.41) is 11.6. The van der Waals surface area contributed by atoms with Gasteiger partial charge in [-0.3, -0.25) is 9.59 Å². The lowest BCUT2D eigenvalue weighted by atomic mass is 10.0. The highest BCUT2D eigenvalue weighted by molar-refractivity contribution is 5.81. The fourth-order valence-corrected chi connectivity index (χ4v) is 1.57. The van der Waals surface area contributed by atoms with Gasteiger partial charge in [-0.05, 0) is 25.7 Å². The molecule has 0 fully saturated rings. The first-order valence-corrected chi connectivity index (χ1v) is 6.54. The zero-order valence-electron chi connectivity index (χ0n) is 11.8. The Bertz CT molecular complexity index is 279. The maximum absolute atomic E-state index is 11.7. The number of rotatable bonds is 8. The van der Waals surface area contributed by atoms with Crippen LogP contribution in [0.2, 0.25) is 0 Å². The monoisotopic (exact) mass is 258 g/mol. The Kier molecular flexibility index (Phi) is 7.59. The van der Waals surface area contributed by atoms with Crippen LogP contribution in [0.3, 0.4) is 0 Å². The first-order valence-electron chi connectivity index (χ1n) is 6.54. The molecule has 0 heterocycles. The molecular formula is C13H26N2O3. The summed E-state index contributed by atoms with van der Waals surface area (Å²) >= 11 is 0. The Morgan fingerprint density at radius 3 is 2.17 bits per heavy atom. The summed E-state index contributed by atoms with van der Waals surface area (Å²) in [6, 6.07) is -0.450. The predicted octanol–water partition coefficient (Wildman–Crippen LogP) is 1.37. The van der Waals surface area contributed by atoms with Crippen molar-refractivity contribution >= 4 is 11.9 Å². The SMILES string of the molecule is CC(CCCC(C)C(=O)O)NC(=O)[C@H](N)C(C)C. The van der Waals surface area contributed by atoms with Gasteiger partial charge in [0.25, 0.3) is 0 Å². The van der Waals surface area contributed by atoms with Crippen LogP contribution in [0, 0.1) is 11.8 Å². The van der Waals surface area contributed by atoms with Crippen molar-refractivity contribution in [2.24, 2.45) is 17.6 Å². The van der Waals surface area contributed by atoms with Gasteiger partial charge in [-0.15, -0.1) is 0 Å². The van der Waals surface area contributed by atoms with Crippen molar-refractivity contribution in [3.05, 3.63) is 0 Å². The van der Waals surface area contributed by atoms with Crippen molar-refractivity contribution in [1.29, 1.82) is 0 Å². The number of nitrogens with two attached hydrogens (primary N) is 1. The molecule has 0 saturated carbocycles. The van der Waals surface area contributed by atoms with E-state index < -0.39 is 12.0 Å². The number of carbonyl (C=O) groups excluding carboxylic acids is 1. The van der Waals surface area contributed by atoms with Gasteiger partial charge < -0.3 is 16.2 Å². The minimum absolute atomic E-state index is 0.0308. The molecule has 0 aliphatic rings. The lowest BCUT2D eigenvalue weighted by Gasteiger charge is -2.19. The number of carboxylic acid groups (broad SMARTS) is 1. The van der Waals surface area contributed by atoms with Crippen molar-refractivity contribution in [2.45, 2.75) is 59.0 Å². The van der Waals surface area contributed by atoms with Crippen LogP contribution >= 0.6 is 0 Å². The standard InChI is InChI=1S/C13H26N2O3/c1-8(2)11(14)12(16)15-10(4)7-5-6-9(3)13(17)18/h8-11H,5-7,14H2,1-4H3,(H,15,16)(H,17,18)/t9?,10?,11-/m1/s1. The Hall–Kier alpha value is -1.10. The molecule has 2 unspecified atom stereocenters. The topological polar surface area (TPSA) is 92.4 Å². The molecule has 1 amide bonds. The molecule has 0 aromatic carbocycles. The summed E-state index contributed by atoms with van der Waals surface area (Å²) in [6.45, 7) is 7.42. The van der Waals surface area contributed by atoms with Crippen molar-refractivity contribution in [3.63, 3.8) is 0 Å². The number of hydrogen-bond donors (Lipinski definition) is 3. The van der Waals surface area contributed by atoms with E-state index in [0.29, 0.717) is 6.42 Å². The van der Waals surface area contributed by atoms with E-state index in [2.05, 4.69) is 5.32 Å². The zero-order valence-corrected chi connectivity index (χ0v) is 11.8. The van der Waals surface area contributed by atoms with E-state index in [1.165, 1.54) is 0 Å². The van der Waals surface area contributed by atoms with Crippen molar-refractivity contribution in [3.8, 4) is 0 Å². The van der Waals surface area contributed by atoms with Gasteiger partial charge in [0.1, 0.15) is 0 Å². The van der Waals surface area contributed by atoms with Crippen LogP contribution in [0.25, 0.3) is 0 Å². The van der Waals surface area contributed by atoms with Crippen LogP contribution in [-0.4, -0.2) is 29.1 Å². The third-order valence-corrected chi connectivity index (χ3v) is 3.11. The number of carbonyl (C=O) groups is 2. The lowest BCUT2D eigenvalue weighted by Crippen LogP contribution is -2.47. The van der Waals surface area contributed by atoms with Crippen LogP contribution in [-0.2, 0) is 9.59 Å². The zero-order chi connectivity index (χ0) is 14.3. The maximum atomic E-state index is 11.7. The van der Waals surface area contributed by atoms with Gasteiger partial charge in [-0.1, -0.05) is 27.2 Å². The van der Waals surface area contributed by atoms with Gasteiger partial charge in [0, 0.05) is 6.04 Å². The fourth-order valence-electron chi connectivity index (χ4n) is 1.57. The summed E-state index contributed by atoms with van der Waals surface area (Å²) in [4.78, 5) is 22.3. The molecule has 0 saturated heterocycles. The molecule has 3 atom stereocenters. The molecule has 0 bridgehead atoms. The second kappa shape index (κ2) is 8.08. The summed E-state index contributed by atoms with van der Waals surface area (Å²) in [5.74, 6) is -1.12. The normalized spacial score (nSPS) is 16.1. The molecule has 4 N–H and O–H groups in total. The Morgan fingerprint density at radius 2 is 1.72 bits per heavy atom. The second-order valence-corrected chi connectivity index (χ2v) is 5.35. The predicted molar refractivity (Wildman–Crippen MR) is 71.1 cm³/mol. The molecule has 0 aromatic rings. The molecule has 0 rings (SSSR count). The number of amides is 1. The minimum Gasteiger partial charge on any atom is -0.481 e. The van der Waals surface area contributed by atoms with Gasteiger partial charge in [0.2, 0.25) is 5.91 Å². The molecule has 0 aliphatic heterocycles. The molecule has 0 aliphatic carbocycles. The first kappa shape index (κ1) is 16.9. The molecule has 0 radical (unpaired) electrons.